The number of unbranched alkanes of at least 4 members (excludes halogenated alkanes) is 2. The number of carboxylic acids is 1. The van der Waals surface area contributed by atoms with Gasteiger partial charge in [0.05, 0.1) is 7.98 Å². The minimum absolute atomic E-state index is 0.0500. The van der Waals surface area contributed by atoms with Gasteiger partial charge in [0.15, 0.2) is 0 Å². The van der Waals surface area contributed by atoms with Crippen molar-refractivity contribution < 1.29 is 20.8 Å². The van der Waals surface area contributed by atoms with E-state index in [2.05, 4.69) is 4.98 Å². The van der Waals surface area contributed by atoms with Crippen LogP contribution in [0.3, 0.4) is 0 Å². The predicted molar refractivity (Wildman–Crippen MR) is 131 cm³/mol. The van der Waals surface area contributed by atoms with Gasteiger partial charge in [-0.25, -0.2) is 0 Å². The van der Waals surface area contributed by atoms with Gasteiger partial charge in [0.2, 0.25) is 0 Å². The van der Waals surface area contributed by atoms with E-state index < -0.39 is 12.5 Å². The molecule has 1 atom stereocenters. The van der Waals surface area contributed by atoms with Gasteiger partial charge in [0.25, 0.3) is 5.91 Å². The van der Waals surface area contributed by atoms with Crippen molar-refractivity contribution in [3.63, 3.8) is 0 Å². The quantitative estimate of drug-likeness (QED) is 0.358. The van der Waals surface area contributed by atoms with Gasteiger partial charge in [-0.05, 0) is 73.6 Å². The third-order valence-electron chi connectivity index (χ3n) is 5.81. The second kappa shape index (κ2) is 11.5. The third kappa shape index (κ3) is 6.44. The second-order valence-electron chi connectivity index (χ2n) is 8.48. The highest BCUT2D eigenvalue weighted by atomic mass is 16.5. The number of rotatable bonds is 12. The Labute approximate surface area is 201 Å². The molecule has 1 aliphatic carbocycles. The van der Waals surface area contributed by atoms with E-state index in [0.29, 0.717) is 29.9 Å². The number of hydrogen-bond acceptors (Lipinski definition) is 4. The Kier molecular flexibility index (Phi) is 7.46. The number of carbonyl (C=O) groups excluding carboxylic acids is 1. The lowest BCUT2D eigenvalue weighted by Gasteiger charge is -2.24. The van der Waals surface area contributed by atoms with Crippen molar-refractivity contribution >= 4 is 11.9 Å². The molecule has 6 nitrogen and oxygen atoms in total. The number of aromatic nitrogens is 1. The molecule has 1 unspecified atom stereocenters. The molecule has 1 saturated carbocycles. The van der Waals surface area contributed by atoms with Crippen LogP contribution in [0.2, 0.25) is 0 Å². The van der Waals surface area contributed by atoms with E-state index >= 15 is 0 Å². The van der Waals surface area contributed by atoms with E-state index in [1.54, 1.807) is 17.3 Å². The number of para-hydroxylation sites is 1. The zero-order valence-electron chi connectivity index (χ0n) is 20.1. The molecular formula is C28H30N2O4. The SMILES string of the molecule is [2H]C(c1ccccc1OCCCCCC(=O)O)N(C(=O)c1ccc(-c2ccncc2)cc1)C1CC1. The summed E-state index contributed by atoms with van der Waals surface area (Å²) in [7, 11) is 0. The van der Waals surface area contributed by atoms with Gasteiger partial charge in [0.1, 0.15) is 5.75 Å². The van der Waals surface area contributed by atoms with Crippen LogP contribution < -0.4 is 4.74 Å². The number of hydrogen-bond donors (Lipinski definition) is 1. The number of amides is 1. The zero-order chi connectivity index (χ0) is 24.6. The summed E-state index contributed by atoms with van der Waals surface area (Å²) in [6.07, 6.45) is 7.54. The minimum Gasteiger partial charge on any atom is -0.493 e. The summed E-state index contributed by atoms with van der Waals surface area (Å²) in [6, 6.07) is 18.8. The van der Waals surface area contributed by atoms with Gasteiger partial charge in [-0.15, -0.1) is 0 Å². The minimum atomic E-state index is -0.877. The molecule has 6 heteroatoms. The summed E-state index contributed by atoms with van der Waals surface area (Å²) in [5, 5.41) is 8.75. The molecule has 0 radical (unpaired) electrons. The van der Waals surface area contributed by atoms with Crippen LogP contribution in [0.15, 0.2) is 73.1 Å². The molecule has 2 aromatic carbocycles. The standard InChI is InChI=1S/C28H30N2O4/c31-27(32)8-2-1-5-19-34-26-7-4-3-6-24(26)20-30(25-13-14-25)28(33)23-11-9-21(10-12-23)22-15-17-29-18-16-22/h3-4,6-7,9-12,15-18,25H,1-2,5,8,13-14,19-20H2,(H,31,32)/i20D. The van der Waals surface area contributed by atoms with Gasteiger partial charge in [-0.1, -0.05) is 30.3 Å². The Bertz CT molecular complexity index is 1130. The lowest BCUT2D eigenvalue weighted by Crippen LogP contribution is -2.32. The summed E-state index contributed by atoms with van der Waals surface area (Å²) in [6.45, 7) is -0.435. The molecule has 1 amide bonds. The van der Waals surface area contributed by atoms with E-state index in [0.717, 1.165) is 36.8 Å². The van der Waals surface area contributed by atoms with Crippen LogP contribution in [0.1, 0.15) is 55.8 Å². The Hall–Kier alpha value is -3.67. The number of nitrogens with zero attached hydrogens (tertiary/aromatic N) is 2. The third-order valence-corrected chi connectivity index (χ3v) is 5.81. The summed E-state index contributed by atoms with van der Waals surface area (Å²) < 4.78 is 14.9. The maximum Gasteiger partial charge on any atom is 0.303 e. The molecular weight excluding hydrogens is 428 g/mol. The van der Waals surface area contributed by atoms with Crippen molar-refractivity contribution in [3.8, 4) is 16.9 Å². The number of ether oxygens (including phenoxy) is 1. The van der Waals surface area contributed by atoms with E-state index in [1.165, 1.54) is 0 Å². The average molecular weight is 460 g/mol. The monoisotopic (exact) mass is 459 g/mol. The molecule has 1 fully saturated rings. The molecule has 0 aliphatic heterocycles. The molecule has 0 saturated heterocycles. The first-order valence-corrected chi connectivity index (χ1v) is 11.7. The van der Waals surface area contributed by atoms with Crippen molar-refractivity contribution in [3.05, 3.63) is 84.2 Å². The largest absolute Gasteiger partial charge is 0.493 e. The highest BCUT2D eigenvalue weighted by Gasteiger charge is 2.33. The molecule has 1 N–H and O–H groups in total. The molecule has 1 aromatic heterocycles. The second-order valence-corrected chi connectivity index (χ2v) is 8.48. The van der Waals surface area contributed by atoms with Crippen LogP contribution in [0.5, 0.6) is 5.75 Å². The molecule has 0 spiro atoms. The number of pyridine rings is 1. The fourth-order valence-corrected chi connectivity index (χ4v) is 3.79. The van der Waals surface area contributed by atoms with Crippen molar-refractivity contribution in [1.82, 2.24) is 9.88 Å². The van der Waals surface area contributed by atoms with Gasteiger partial charge in [-0.2, -0.15) is 0 Å². The summed E-state index contributed by atoms with van der Waals surface area (Å²) >= 11 is 0. The van der Waals surface area contributed by atoms with E-state index in [1.807, 2.05) is 60.7 Å². The van der Waals surface area contributed by atoms with E-state index in [9.17, 15) is 9.59 Å². The van der Waals surface area contributed by atoms with Gasteiger partial charge < -0.3 is 14.7 Å². The molecule has 0 bridgehead atoms. The van der Waals surface area contributed by atoms with Crippen LogP contribution in [-0.2, 0) is 11.3 Å². The summed E-state index contributed by atoms with van der Waals surface area (Å²) in [4.78, 5) is 29.9. The topological polar surface area (TPSA) is 79.7 Å². The van der Waals surface area contributed by atoms with Gasteiger partial charge in [0, 0.05) is 42.5 Å². The normalized spacial score (nSPS) is 14.2. The number of carbonyl (C=O) groups is 2. The van der Waals surface area contributed by atoms with Crippen LogP contribution in [-0.4, -0.2) is 39.5 Å². The lowest BCUT2D eigenvalue weighted by atomic mass is 10.0. The molecule has 4 rings (SSSR count). The Balaban J connectivity index is 1.45. The highest BCUT2D eigenvalue weighted by Crippen LogP contribution is 2.32. The van der Waals surface area contributed by atoms with Crippen LogP contribution in [0.4, 0.5) is 0 Å². The fourth-order valence-electron chi connectivity index (χ4n) is 3.79. The van der Waals surface area contributed by atoms with Gasteiger partial charge >= 0.3 is 5.97 Å². The van der Waals surface area contributed by atoms with Crippen molar-refractivity contribution in [1.29, 1.82) is 0 Å². The predicted octanol–water partition coefficient (Wildman–Crippen LogP) is 5.58. The molecule has 1 heterocycles. The Morgan fingerprint density at radius 3 is 2.38 bits per heavy atom. The maximum absolute atomic E-state index is 13.5. The molecule has 1 aliphatic rings. The average Bonchev–Trinajstić information content (AvgIpc) is 3.72. The van der Waals surface area contributed by atoms with Crippen LogP contribution in [0.25, 0.3) is 11.1 Å². The Morgan fingerprint density at radius 1 is 0.971 bits per heavy atom. The number of aliphatic carboxylic acids is 1. The molecule has 3 aromatic rings. The van der Waals surface area contributed by atoms with E-state index in [4.69, 9.17) is 11.2 Å². The first-order valence-electron chi connectivity index (χ1n) is 12.3. The zero-order valence-corrected chi connectivity index (χ0v) is 19.1. The molecule has 34 heavy (non-hydrogen) atoms. The van der Waals surface area contributed by atoms with Crippen molar-refractivity contribution in [2.75, 3.05) is 6.61 Å². The molecule has 176 valence electrons. The highest BCUT2D eigenvalue weighted by molar-refractivity contribution is 5.95. The van der Waals surface area contributed by atoms with Crippen LogP contribution in [0, 0.1) is 0 Å². The fraction of sp³-hybridized carbons (Fsp3) is 0.321. The first-order chi connectivity index (χ1) is 17.0. The Morgan fingerprint density at radius 2 is 1.68 bits per heavy atom. The smallest absolute Gasteiger partial charge is 0.303 e. The van der Waals surface area contributed by atoms with Crippen molar-refractivity contribution in [2.45, 2.75) is 51.1 Å². The maximum atomic E-state index is 13.5. The van der Waals surface area contributed by atoms with Crippen LogP contribution >= 0.6 is 0 Å². The van der Waals surface area contributed by atoms with E-state index in [-0.39, 0.29) is 18.4 Å². The summed E-state index contributed by atoms with van der Waals surface area (Å²) in [5.41, 5.74) is 3.26. The summed E-state index contributed by atoms with van der Waals surface area (Å²) in [5.74, 6) is -0.348. The first kappa shape index (κ1) is 22.1. The lowest BCUT2D eigenvalue weighted by molar-refractivity contribution is -0.137. The number of benzene rings is 2. The van der Waals surface area contributed by atoms with Crippen molar-refractivity contribution in [2.24, 2.45) is 0 Å². The number of carboxylic acid groups (broad SMARTS) is 1. The van der Waals surface area contributed by atoms with Gasteiger partial charge in [-0.3, -0.25) is 14.6 Å².